The Morgan fingerprint density at radius 1 is 1.24 bits per heavy atom. The second kappa shape index (κ2) is 7.63. The van der Waals surface area contributed by atoms with Gasteiger partial charge in [0.1, 0.15) is 0 Å². The average molecular weight is 244 g/mol. The molecule has 100 valence electrons. The van der Waals surface area contributed by atoms with Gasteiger partial charge in [0.2, 0.25) is 0 Å². The Morgan fingerprint density at radius 2 is 1.88 bits per heavy atom. The van der Waals surface area contributed by atoms with E-state index in [1.54, 1.807) is 7.11 Å². The molecular weight excluding hydrogens is 220 g/mol. The molecular formula is C12H24N2O3. The molecule has 5 heteroatoms. The zero-order chi connectivity index (χ0) is 12.7. The highest BCUT2D eigenvalue weighted by atomic mass is 16.5. The minimum absolute atomic E-state index is 0.125. The van der Waals surface area contributed by atoms with E-state index < -0.39 is 0 Å². The summed E-state index contributed by atoms with van der Waals surface area (Å²) >= 11 is 0. The number of ether oxygens (including phenoxy) is 2. The molecule has 1 atom stereocenters. The molecule has 1 fully saturated rings. The fraction of sp³-hybridized carbons (Fsp3) is 0.917. The number of carbonyl (C=O) groups is 1. The van der Waals surface area contributed by atoms with Gasteiger partial charge in [0.05, 0.1) is 20.1 Å². The standard InChI is InChI=1S/C12H24N2O3/c1-11(10-16-2)14-8-6-13(7-9-14)5-4-12(15)17-3/h11H,4-10H2,1-3H3. The van der Waals surface area contributed by atoms with Gasteiger partial charge in [-0.1, -0.05) is 0 Å². The van der Waals surface area contributed by atoms with Gasteiger partial charge in [-0.25, -0.2) is 0 Å². The Morgan fingerprint density at radius 3 is 2.41 bits per heavy atom. The van der Waals surface area contributed by atoms with Crippen molar-refractivity contribution in [1.82, 2.24) is 9.80 Å². The van der Waals surface area contributed by atoms with Gasteiger partial charge in [-0.05, 0) is 6.92 Å². The van der Waals surface area contributed by atoms with Crippen molar-refractivity contribution in [2.24, 2.45) is 0 Å². The molecule has 0 saturated carbocycles. The molecule has 0 aromatic carbocycles. The van der Waals surface area contributed by atoms with Crippen LogP contribution in [0.15, 0.2) is 0 Å². The van der Waals surface area contributed by atoms with E-state index in [0.29, 0.717) is 12.5 Å². The van der Waals surface area contributed by atoms with Crippen molar-refractivity contribution < 1.29 is 14.3 Å². The third-order valence-corrected chi connectivity index (χ3v) is 3.30. The maximum absolute atomic E-state index is 11.0. The summed E-state index contributed by atoms with van der Waals surface area (Å²) in [4.78, 5) is 15.8. The van der Waals surface area contributed by atoms with Crippen LogP contribution in [-0.4, -0.2) is 75.4 Å². The molecule has 0 aliphatic carbocycles. The largest absolute Gasteiger partial charge is 0.469 e. The number of nitrogens with zero attached hydrogens (tertiary/aromatic N) is 2. The van der Waals surface area contributed by atoms with E-state index >= 15 is 0 Å². The second-order valence-electron chi connectivity index (χ2n) is 4.51. The van der Waals surface area contributed by atoms with E-state index in [1.807, 2.05) is 0 Å². The first kappa shape index (κ1) is 14.4. The number of hydrogen-bond donors (Lipinski definition) is 0. The van der Waals surface area contributed by atoms with Crippen molar-refractivity contribution in [1.29, 1.82) is 0 Å². The molecule has 1 rings (SSSR count). The van der Waals surface area contributed by atoms with E-state index in [0.717, 1.165) is 39.3 Å². The highest BCUT2D eigenvalue weighted by Gasteiger charge is 2.21. The van der Waals surface area contributed by atoms with Crippen LogP contribution in [0.4, 0.5) is 0 Å². The molecule has 0 radical (unpaired) electrons. The van der Waals surface area contributed by atoms with Gasteiger partial charge in [0, 0.05) is 45.9 Å². The number of carbonyl (C=O) groups excluding carboxylic acids is 1. The Kier molecular flexibility index (Phi) is 6.47. The molecule has 0 aromatic heterocycles. The van der Waals surface area contributed by atoms with Gasteiger partial charge in [-0.15, -0.1) is 0 Å². The number of piperazine rings is 1. The third-order valence-electron chi connectivity index (χ3n) is 3.30. The molecule has 1 aliphatic rings. The van der Waals surface area contributed by atoms with E-state index in [-0.39, 0.29) is 5.97 Å². The van der Waals surface area contributed by atoms with E-state index in [9.17, 15) is 4.79 Å². The summed E-state index contributed by atoms with van der Waals surface area (Å²) in [6.07, 6.45) is 0.490. The molecule has 0 amide bonds. The fourth-order valence-electron chi connectivity index (χ4n) is 2.13. The zero-order valence-electron chi connectivity index (χ0n) is 11.1. The Labute approximate surface area is 104 Å². The second-order valence-corrected chi connectivity index (χ2v) is 4.51. The number of methoxy groups -OCH3 is 2. The lowest BCUT2D eigenvalue weighted by Crippen LogP contribution is -2.50. The van der Waals surface area contributed by atoms with Crippen LogP contribution in [0.3, 0.4) is 0 Å². The number of esters is 1. The number of hydrogen-bond acceptors (Lipinski definition) is 5. The molecule has 1 heterocycles. The minimum Gasteiger partial charge on any atom is -0.469 e. The van der Waals surface area contributed by atoms with Gasteiger partial charge in [-0.2, -0.15) is 0 Å². The summed E-state index contributed by atoms with van der Waals surface area (Å²) in [6.45, 7) is 7.91. The van der Waals surface area contributed by atoms with Crippen molar-refractivity contribution >= 4 is 5.97 Å². The zero-order valence-corrected chi connectivity index (χ0v) is 11.1. The lowest BCUT2D eigenvalue weighted by atomic mass is 10.2. The summed E-state index contributed by atoms with van der Waals surface area (Å²) in [6, 6.07) is 0.475. The maximum Gasteiger partial charge on any atom is 0.306 e. The molecule has 1 unspecified atom stereocenters. The predicted molar refractivity (Wildman–Crippen MR) is 66.0 cm³/mol. The SMILES string of the molecule is COCC(C)N1CCN(CCC(=O)OC)CC1. The van der Waals surface area contributed by atoms with Gasteiger partial charge >= 0.3 is 5.97 Å². The van der Waals surface area contributed by atoms with Crippen molar-refractivity contribution in [2.75, 3.05) is 53.6 Å². The Bertz CT molecular complexity index is 228. The Balaban J connectivity index is 2.19. The first-order valence-electron chi connectivity index (χ1n) is 6.19. The average Bonchev–Trinajstić information content (AvgIpc) is 2.36. The van der Waals surface area contributed by atoms with E-state index in [2.05, 4.69) is 21.5 Å². The predicted octanol–water partition coefficient (Wildman–Crippen LogP) is 0.202. The minimum atomic E-state index is -0.125. The van der Waals surface area contributed by atoms with Gasteiger partial charge < -0.3 is 14.4 Å². The smallest absolute Gasteiger partial charge is 0.306 e. The van der Waals surface area contributed by atoms with Gasteiger partial charge in [0.25, 0.3) is 0 Å². The summed E-state index contributed by atoms with van der Waals surface area (Å²) < 4.78 is 9.80. The van der Waals surface area contributed by atoms with Crippen LogP contribution in [0.5, 0.6) is 0 Å². The molecule has 5 nitrogen and oxygen atoms in total. The first-order chi connectivity index (χ1) is 8.17. The van der Waals surface area contributed by atoms with Crippen molar-refractivity contribution in [2.45, 2.75) is 19.4 Å². The van der Waals surface area contributed by atoms with Crippen molar-refractivity contribution in [3.05, 3.63) is 0 Å². The summed E-state index contributed by atoms with van der Waals surface area (Å²) in [7, 11) is 3.18. The van der Waals surface area contributed by atoms with E-state index in [1.165, 1.54) is 7.11 Å². The molecule has 0 aromatic rings. The van der Waals surface area contributed by atoms with Gasteiger partial charge in [-0.3, -0.25) is 9.69 Å². The number of rotatable bonds is 6. The lowest BCUT2D eigenvalue weighted by Gasteiger charge is -2.37. The fourth-order valence-corrected chi connectivity index (χ4v) is 2.13. The van der Waals surface area contributed by atoms with Crippen LogP contribution in [-0.2, 0) is 14.3 Å². The highest BCUT2D eigenvalue weighted by molar-refractivity contribution is 5.69. The maximum atomic E-state index is 11.0. The van der Waals surface area contributed by atoms with Crippen LogP contribution >= 0.6 is 0 Å². The summed E-state index contributed by atoms with van der Waals surface area (Å²) in [5.74, 6) is -0.125. The normalized spacial score (nSPS) is 20.2. The van der Waals surface area contributed by atoms with Crippen LogP contribution in [0.2, 0.25) is 0 Å². The van der Waals surface area contributed by atoms with Crippen LogP contribution < -0.4 is 0 Å². The molecule has 1 aliphatic heterocycles. The third kappa shape index (κ3) is 5.02. The quantitative estimate of drug-likeness (QED) is 0.625. The molecule has 0 spiro atoms. The van der Waals surface area contributed by atoms with Crippen molar-refractivity contribution in [3.8, 4) is 0 Å². The van der Waals surface area contributed by atoms with Crippen LogP contribution in [0.1, 0.15) is 13.3 Å². The topological polar surface area (TPSA) is 42.0 Å². The molecule has 17 heavy (non-hydrogen) atoms. The molecule has 1 saturated heterocycles. The lowest BCUT2D eigenvalue weighted by molar-refractivity contribution is -0.141. The van der Waals surface area contributed by atoms with Crippen LogP contribution in [0, 0.1) is 0 Å². The van der Waals surface area contributed by atoms with Crippen molar-refractivity contribution in [3.63, 3.8) is 0 Å². The van der Waals surface area contributed by atoms with E-state index in [4.69, 9.17) is 4.74 Å². The Hall–Kier alpha value is -0.650. The highest BCUT2D eigenvalue weighted by Crippen LogP contribution is 2.07. The van der Waals surface area contributed by atoms with Crippen LogP contribution in [0.25, 0.3) is 0 Å². The first-order valence-corrected chi connectivity index (χ1v) is 6.19. The molecule has 0 bridgehead atoms. The van der Waals surface area contributed by atoms with Gasteiger partial charge in [0.15, 0.2) is 0 Å². The monoisotopic (exact) mass is 244 g/mol. The summed E-state index contributed by atoms with van der Waals surface area (Å²) in [5.41, 5.74) is 0. The molecule has 0 N–H and O–H groups in total. The summed E-state index contributed by atoms with van der Waals surface area (Å²) in [5, 5.41) is 0.